The Kier molecular flexibility index (Phi) is 20.7. The van der Waals surface area contributed by atoms with Gasteiger partial charge in [-0.15, -0.1) is 0 Å². The van der Waals surface area contributed by atoms with Gasteiger partial charge in [0, 0.05) is 39.6 Å². The lowest BCUT2D eigenvalue weighted by molar-refractivity contribution is 0.0961. The topological polar surface area (TPSA) is 83.1 Å². The van der Waals surface area contributed by atoms with Crippen molar-refractivity contribution in [1.29, 1.82) is 0 Å². The molecule has 0 aromatic rings. The van der Waals surface area contributed by atoms with Gasteiger partial charge in [0.2, 0.25) is 0 Å². The molecule has 0 aliphatic carbocycles. The van der Waals surface area contributed by atoms with Crippen LogP contribution < -0.4 is 0 Å². The zero-order chi connectivity index (χ0) is 28.3. The fourth-order valence-corrected chi connectivity index (χ4v) is 21.3. The van der Waals surface area contributed by atoms with Crippen LogP contribution in [0.25, 0.3) is 0 Å². The molecular formula is C24H58O9Si4. The second-order valence-corrected chi connectivity index (χ2v) is 23.2. The summed E-state index contributed by atoms with van der Waals surface area (Å²) in [6, 6.07) is 0. The van der Waals surface area contributed by atoms with Crippen LogP contribution in [0.4, 0.5) is 0 Å². The molecule has 0 spiro atoms. The van der Waals surface area contributed by atoms with E-state index in [2.05, 4.69) is 27.7 Å². The highest BCUT2D eigenvalue weighted by atomic mass is 28.5. The number of hydrogen-bond acceptors (Lipinski definition) is 9. The minimum Gasteiger partial charge on any atom is -0.413 e. The van der Waals surface area contributed by atoms with Crippen molar-refractivity contribution in [1.82, 2.24) is 0 Å². The molecule has 0 aliphatic rings. The highest BCUT2D eigenvalue weighted by molar-refractivity contribution is 6.88. The largest absolute Gasteiger partial charge is 0.413 e. The maximum atomic E-state index is 7.00. The Morgan fingerprint density at radius 2 is 0.622 bits per heavy atom. The lowest BCUT2D eigenvalue weighted by Gasteiger charge is -2.43. The van der Waals surface area contributed by atoms with Crippen LogP contribution in [-0.2, 0) is 40.1 Å². The van der Waals surface area contributed by atoms with Crippen molar-refractivity contribution in [2.24, 2.45) is 0 Å². The van der Waals surface area contributed by atoms with E-state index >= 15 is 0 Å². The molecule has 0 aromatic carbocycles. The van der Waals surface area contributed by atoms with Gasteiger partial charge in [-0.05, 0) is 65.7 Å². The van der Waals surface area contributed by atoms with Crippen molar-refractivity contribution in [2.45, 2.75) is 93.4 Å². The third kappa shape index (κ3) is 17.0. The van der Waals surface area contributed by atoms with Crippen molar-refractivity contribution in [3.63, 3.8) is 0 Å². The van der Waals surface area contributed by atoms with Gasteiger partial charge < -0.3 is 40.1 Å². The molecule has 0 aliphatic heterocycles. The standard InChI is InChI=1S/C24H58O9Si4/c1-11-17-25-21-34(7,29-15-5)31-36(9,23-27-19-13-3)33-37(10,24-28-20-14-4)32-35(8,30-16-6)22-26-18-12-2/h11-24H2,1-10H3. The maximum absolute atomic E-state index is 7.00. The summed E-state index contributed by atoms with van der Waals surface area (Å²) in [5, 5.41) is 0. The van der Waals surface area contributed by atoms with Crippen molar-refractivity contribution >= 4 is 34.2 Å². The first-order valence-corrected chi connectivity index (χ1v) is 24.3. The van der Waals surface area contributed by atoms with E-state index in [0.29, 0.717) is 64.6 Å². The number of hydrogen-bond donors (Lipinski definition) is 0. The first kappa shape index (κ1) is 37.5. The van der Waals surface area contributed by atoms with Crippen molar-refractivity contribution in [3.8, 4) is 0 Å². The van der Waals surface area contributed by atoms with E-state index in [0.717, 1.165) is 25.7 Å². The summed E-state index contributed by atoms with van der Waals surface area (Å²) in [4.78, 5) is 0. The average Bonchev–Trinajstić information content (AvgIpc) is 2.79. The molecule has 0 saturated carbocycles. The van der Waals surface area contributed by atoms with Crippen molar-refractivity contribution < 1.29 is 40.1 Å². The second kappa shape index (κ2) is 20.4. The molecule has 0 saturated heterocycles. The predicted molar refractivity (Wildman–Crippen MR) is 157 cm³/mol. The minimum atomic E-state index is -2.96. The molecule has 224 valence electrons. The Morgan fingerprint density at radius 1 is 0.378 bits per heavy atom. The van der Waals surface area contributed by atoms with Crippen molar-refractivity contribution in [2.75, 3.05) is 64.6 Å². The van der Waals surface area contributed by atoms with Gasteiger partial charge in [0.15, 0.2) is 0 Å². The molecule has 0 bridgehead atoms. The molecule has 0 radical (unpaired) electrons. The van der Waals surface area contributed by atoms with E-state index in [1.54, 1.807) is 0 Å². The SMILES string of the molecule is CCCOC[Si](C)(OCC)O[Si](C)(COCCC)O[Si](C)(COCCC)O[Si](C)(COCCC)OCC. The summed E-state index contributed by atoms with van der Waals surface area (Å²) in [5.41, 5.74) is 0. The summed E-state index contributed by atoms with van der Waals surface area (Å²) in [7, 11) is -11.3. The molecule has 0 aromatic heterocycles. The second-order valence-electron chi connectivity index (χ2n) is 9.92. The Morgan fingerprint density at radius 3 is 0.865 bits per heavy atom. The van der Waals surface area contributed by atoms with Gasteiger partial charge in [-0.25, -0.2) is 0 Å². The zero-order valence-electron chi connectivity index (χ0n) is 25.6. The Labute approximate surface area is 232 Å². The average molecular weight is 603 g/mol. The van der Waals surface area contributed by atoms with Gasteiger partial charge in [0.1, 0.15) is 0 Å². The summed E-state index contributed by atoms with van der Waals surface area (Å²) in [6.45, 7) is 24.2. The van der Waals surface area contributed by atoms with Crippen LogP contribution in [0.5, 0.6) is 0 Å². The lowest BCUT2D eigenvalue weighted by atomic mass is 10.5. The predicted octanol–water partition coefficient (Wildman–Crippen LogP) is 5.26. The van der Waals surface area contributed by atoms with Crippen LogP contribution in [0.15, 0.2) is 0 Å². The quantitative estimate of drug-likeness (QED) is 0.0972. The molecule has 4 unspecified atom stereocenters. The fourth-order valence-electron chi connectivity index (χ4n) is 3.95. The Bertz CT molecular complexity index is 522. The van der Waals surface area contributed by atoms with E-state index in [9.17, 15) is 0 Å². The van der Waals surface area contributed by atoms with Crippen LogP contribution in [0, 0.1) is 0 Å². The summed E-state index contributed by atoms with van der Waals surface area (Å²) < 4.78 is 57.0. The van der Waals surface area contributed by atoms with E-state index in [1.807, 2.05) is 40.0 Å². The monoisotopic (exact) mass is 602 g/mol. The Balaban J connectivity index is 6.09. The molecule has 13 heteroatoms. The molecule has 37 heavy (non-hydrogen) atoms. The molecule has 0 amide bonds. The Hall–Kier alpha value is 0.508. The smallest absolute Gasteiger partial charge is 0.352 e. The third-order valence-electron chi connectivity index (χ3n) is 5.05. The van der Waals surface area contributed by atoms with Gasteiger partial charge in [0.25, 0.3) is 0 Å². The third-order valence-corrected chi connectivity index (χ3v) is 20.1. The normalized spacial score (nSPS) is 18.6. The molecule has 0 fully saturated rings. The van der Waals surface area contributed by atoms with Gasteiger partial charge in [-0.1, -0.05) is 27.7 Å². The highest BCUT2D eigenvalue weighted by Gasteiger charge is 2.52. The van der Waals surface area contributed by atoms with E-state index < -0.39 is 34.2 Å². The van der Waals surface area contributed by atoms with Gasteiger partial charge in [-0.3, -0.25) is 0 Å². The van der Waals surface area contributed by atoms with Gasteiger partial charge in [-0.2, -0.15) is 0 Å². The van der Waals surface area contributed by atoms with E-state index in [1.165, 1.54) is 0 Å². The molecule has 0 rings (SSSR count). The van der Waals surface area contributed by atoms with Gasteiger partial charge >= 0.3 is 34.2 Å². The first-order valence-electron chi connectivity index (χ1n) is 14.2. The molecule has 0 N–H and O–H groups in total. The fraction of sp³-hybridized carbons (Fsp3) is 1.00. The minimum absolute atomic E-state index is 0.378. The molecule has 0 heterocycles. The van der Waals surface area contributed by atoms with E-state index in [-0.39, 0.29) is 0 Å². The van der Waals surface area contributed by atoms with Crippen LogP contribution in [0.2, 0.25) is 26.2 Å². The van der Waals surface area contributed by atoms with Crippen LogP contribution in [0.1, 0.15) is 67.2 Å². The number of ether oxygens (including phenoxy) is 4. The van der Waals surface area contributed by atoms with Crippen LogP contribution in [0.3, 0.4) is 0 Å². The highest BCUT2D eigenvalue weighted by Crippen LogP contribution is 2.26. The first-order chi connectivity index (χ1) is 17.5. The maximum Gasteiger partial charge on any atom is 0.352 e. The number of rotatable bonds is 26. The van der Waals surface area contributed by atoms with Gasteiger partial charge in [0.05, 0.1) is 24.9 Å². The zero-order valence-corrected chi connectivity index (χ0v) is 29.6. The van der Waals surface area contributed by atoms with E-state index in [4.69, 9.17) is 40.1 Å². The molecule has 9 nitrogen and oxygen atoms in total. The molecule has 4 atom stereocenters. The van der Waals surface area contributed by atoms with Crippen LogP contribution >= 0.6 is 0 Å². The summed E-state index contributed by atoms with van der Waals surface area (Å²) in [6.07, 6.45) is 5.35. The van der Waals surface area contributed by atoms with Crippen LogP contribution in [-0.4, -0.2) is 98.8 Å². The summed E-state index contributed by atoms with van der Waals surface area (Å²) in [5.74, 6) is 0. The van der Waals surface area contributed by atoms with Crippen molar-refractivity contribution in [3.05, 3.63) is 0 Å². The lowest BCUT2D eigenvalue weighted by Crippen LogP contribution is -2.66. The molecular weight excluding hydrogens is 545 g/mol. The summed E-state index contributed by atoms with van der Waals surface area (Å²) >= 11 is 0.